The molecule has 0 saturated carbocycles. The number of hydrogen-bond donors (Lipinski definition) is 1. The van der Waals surface area contributed by atoms with Gasteiger partial charge in [0, 0.05) is 0 Å². The summed E-state index contributed by atoms with van der Waals surface area (Å²) in [5.74, 6) is -0.674. The number of hydrogen-bond acceptors (Lipinski definition) is 4. The second kappa shape index (κ2) is 5.92. The number of carbonyl (C=O) groups is 1. The Labute approximate surface area is 108 Å². The molecule has 1 aromatic carbocycles. The van der Waals surface area contributed by atoms with E-state index in [2.05, 4.69) is 4.74 Å². The maximum absolute atomic E-state index is 12.9. The average Bonchev–Trinajstić information content (AvgIpc) is 2.36. The van der Waals surface area contributed by atoms with Crippen molar-refractivity contribution >= 4 is 5.97 Å². The summed E-state index contributed by atoms with van der Waals surface area (Å²) in [6.07, 6.45) is -4.80. The Morgan fingerprint density at radius 2 is 2.00 bits per heavy atom. The zero-order chi connectivity index (χ0) is 14.6. The molecule has 0 aliphatic rings. The lowest BCUT2D eigenvalue weighted by Crippen LogP contribution is -2.34. The molecule has 4 nitrogen and oxygen atoms in total. The van der Waals surface area contributed by atoms with Gasteiger partial charge in [-0.3, -0.25) is 4.79 Å². The van der Waals surface area contributed by atoms with Gasteiger partial charge in [0.25, 0.3) is 0 Å². The lowest BCUT2D eigenvalue weighted by atomic mass is 10.00. The number of benzene rings is 1. The molecule has 0 bridgehead atoms. The van der Waals surface area contributed by atoms with Crippen LogP contribution in [-0.2, 0) is 22.1 Å². The quantitative estimate of drug-likeness (QED) is 0.852. The smallest absolute Gasteiger partial charge is 0.416 e. The van der Waals surface area contributed by atoms with Gasteiger partial charge < -0.3 is 15.2 Å². The molecule has 1 rings (SSSR count). The van der Waals surface area contributed by atoms with Crippen LogP contribution in [0, 0.1) is 0 Å². The Morgan fingerprint density at radius 3 is 2.47 bits per heavy atom. The van der Waals surface area contributed by atoms with E-state index in [-0.39, 0.29) is 17.7 Å². The highest BCUT2D eigenvalue weighted by atomic mass is 19.4. The number of esters is 1. The number of nitrogens with two attached hydrogens (primary N) is 1. The molecule has 7 heteroatoms. The van der Waals surface area contributed by atoms with Gasteiger partial charge in [0.15, 0.2) is 0 Å². The molecule has 0 spiro atoms. The Balaban J connectivity index is 3.10. The topological polar surface area (TPSA) is 61.5 Å². The fourth-order valence-corrected chi connectivity index (χ4v) is 1.60. The van der Waals surface area contributed by atoms with Crippen molar-refractivity contribution < 1.29 is 27.4 Å². The molecule has 0 aliphatic heterocycles. The van der Waals surface area contributed by atoms with E-state index in [1.807, 2.05) is 0 Å². The average molecular weight is 277 g/mol. The summed E-state index contributed by atoms with van der Waals surface area (Å²) in [5, 5.41) is 0. The van der Waals surface area contributed by atoms with Crippen LogP contribution in [-0.4, -0.2) is 26.2 Å². The minimum absolute atomic E-state index is 0.0776. The van der Waals surface area contributed by atoms with E-state index in [1.165, 1.54) is 19.2 Å². The Bertz CT molecular complexity index is 460. The molecule has 2 N–H and O–H groups in total. The van der Waals surface area contributed by atoms with Crippen molar-refractivity contribution in [1.29, 1.82) is 0 Å². The molecule has 0 fully saturated rings. The van der Waals surface area contributed by atoms with Gasteiger partial charge in [-0.2, -0.15) is 13.2 Å². The van der Waals surface area contributed by atoms with Crippen LogP contribution in [0.5, 0.6) is 5.75 Å². The molecule has 1 aromatic rings. The SMILES string of the molecule is COC(=O)[C@H](N)Cc1ccc(OC)cc1C(F)(F)F. The van der Waals surface area contributed by atoms with Gasteiger partial charge in [-0.1, -0.05) is 6.07 Å². The minimum Gasteiger partial charge on any atom is -0.497 e. The minimum atomic E-state index is -4.54. The summed E-state index contributed by atoms with van der Waals surface area (Å²) in [6.45, 7) is 0. The maximum atomic E-state index is 12.9. The molecule has 0 amide bonds. The summed E-state index contributed by atoms with van der Waals surface area (Å²) in [5.41, 5.74) is 4.52. The van der Waals surface area contributed by atoms with Gasteiger partial charge in [-0.15, -0.1) is 0 Å². The van der Waals surface area contributed by atoms with Crippen LogP contribution >= 0.6 is 0 Å². The van der Waals surface area contributed by atoms with Crippen molar-refractivity contribution in [3.8, 4) is 5.75 Å². The summed E-state index contributed by atoms with van der Waals surface area (Å²) >= 11 is 0. The molecule has 0 aromatic heterocycles. The van der Waals surface area contributed by atoms with Gasteiger partial charge in [-0.05, 0) is 24.1 Å². The summed E-state index contributed by atoms with van der Waals surface area (Å²) in [7, 11) is 2.40. The number of halogens is 3. The predicted octanol–water partition coefficient (Wildman–Crippen LogP) is 1.76. The van der Waals surface area contributed by atoms with Crippen molar-refractivity contribution in [2.75, 3.05) is 14.2 Å². The highest BCUT2D eigenvalue weighted by Gasteiger charge is 2.34. The third-order valence-electron chi connectivity index (χ3n) is 2.57. The number of alkyl halides is 3. The van der Waals surface area contributed by atoms with E-state index in [0.717, 1.165) is 13.2 Å². The van der Waals surface area contributed by atoms with Crippen LogP contribution in [0.25, 0.3) is 0 Å². The van der Waals surface area contributed by atoms with E-state index < -0.39 is 23.8 Å². The van der Waals surface area contributed by atoms with E-state index in [4.69, 9.17) is 10.5 Å². The fraction of sp³-hybridized carbons (Fsp3) is 0.417. The van der Waals surface area contributed by atoms with Gasteiger partial charge in [0.2, 0.25) is 0 Å². The first-order valence-corrected chi connectivity index (χ1v) is 5.37. The second-order valence-electron chi connectivity index (χ2n) is 3.85. The molecule has 106 valence electrons. The highest BCUT2D eigenvalue weighted by molar-refractivity contribution is 5.75. The van der Waals surface area contributed by atoms with Crippen molar-refractivity contribution in [3.05, 3.63) is 29.3 Å². The monoisotopic (exact) mass is 277 g/mol. The van der Waals surface area contributed by atoms with Crippen LogP contribution < -0.4 is 10.5 Å². The van der Waals surface area contributed by atoms with Crippen molar-refractivity contribution in [2.45, 2.75) is 18.6 Å². The fourth-order valence-electron chi connectivity index (χ4n) is 1.60. The molecule has 1 atom stereocenters. The van der Waals surface area contributed by atoms with Crippen LogP contribution in [0.4, 0.5) is 13.2 Å². The summed E-state index contributed by atoms with van der Waals surface area (Å²) < 4.78 is 47.8. The zero-order valence-electron chi connectivity index (χ0n) is 10.5. The van der Waals surface area contributed by atoms with Gasteiger partial charge in [0.05, 0.1) is 19.8 Å². The number of methoxy groups -OCH3 is 2. The molecule has 0 radical (unpaired) electrons. The van der Waals surface area contributed by atoms with Crippen molar-refractivity contribution in [2.24, 2.45) is 5.73 Å². The largest absolute Gasteiger partial charge is 0.497 e. The molecular formula is C12H14F3NO3. The maximum Gasteiger partial charge on any atom is 0.416 e. The Morgan fingerprint density at radius 1 is 1.37 bits per heavy atom. The predicted molar refractivity (Wildman–Crippen MR) is 61.7 cm³/mol. The first kappa shape index (κ1) is 15.3. The number of carbonyl (C=O) groups excluding carboxylic acids is 1. The standard InChI is InChI=1S/C12H14F3NO3/c1-18-8-4-3-7(5-10(16)11(17)19-2)9(6-8)12(13,14)15/h3-4,6,10H,5,16H2,1-2H3/t10-/m1/s1. The van der Waals surface area contributed by atoms with Crippen molar-refractivity contribution in [3.63, 3.8) is 0 Å². The van der Waals surface area contributed by atoms with Crippen LogP contribution in [0.15, 0.2) is 18.2 Å². The third-order valence-corrected chi connectivity index (χ3v) is 2.57. The van der Waals surface area contributed by atoms with Crippen LogP contribution in [0.1, 0.15) is 11.1 Å². The van der Waals surface area contributed by atoms with Gasteiger partial charge in [-0.25, -0.2) is 0 Å². The molecule has 19 heavy (non-hydrogen) atoms. The highest BCUT2D eigenvalue weighted by Crippen LogP contribution is 2.34. The Hall–Kier alpha value is -1.76. The summed E-state index contributed by atoms with van der Waals surface area (Å²) in [4.78, 5) is 11.1. The molecule has 0 aliphatic carbocycles. The third kappa shape index (κ3) is 3.85. The van der Waals surface area contributed by atoms with Crippen LogP contribution in [0.2, 0.25) is 0 Å². The molecule has 0 saturated heterocycles. The molecule has 0 heterocycles. The van der Waals surface area contributed by atoms with Crippen LogP contribution in [0.3, 0.4) is 0 Å². The summed E-state index contributed by atoms with van der Waals surface area (Å²) in [6, 6.07) is 2.36. The van der Waals surface area contributed by atoms with Gasteiger partial charge in [0.1, 0.15) is 11.8 Å². The lowest BCUT2D eigenvalue weighted by molar-refractivity contribution is -0.143. The van der Waals surface area contributed by atoms with Crippen molar-refractivity contribution in [1.82, 2.24) is 0 Å². The van der Waals surface area contributed by atoms with E-state index >= 15 is 0 Å². The number of rotatable bonds is 4. The van der Waals surface area contributed by atoms with E-state index in [1.54, 1.807) is 0 Å². The first-order valence-electron chi connectivity index (χ1n) is 5.37. The second-order valence-corrected chi connectivity index (χ2v) is 3.85. The lowest BCUT2D eigenvalue weighted by Gasteiger charge is -2.16. The van der Waals surface area contributed by atoms with E-state index in [0.29, 0.717) is 0 Å². The molecule has 0 unspecified atom stereocenters. The Kier molecular flexibility index (Phi) is 4.77. The van der Waals surface area contributed by atoms with Gasteiger partial charge >= 0.3 is 12.1 Å². The number of ether oxygens (including phenoxy) is 2. The first-order chi connectivity index (χ1) is 8.79. The molecular weight excluding hydrogens is 263 g/mol. The van der Waals surface area contributed by atoms with E-state index in [9.17, 15) is 18.0 Å². The zero-order valence-corrected chi connectivity index (χ0v) is 10.5. The normalized spacial score (nSPS) is 12.9.